The number of rotatable bonds is 6. The quantitative estimate of drug-likeness (QED) is 0.480. The molecule has 0 saturated carbocycles. The molecule has 9 nitrogen and oxygen atoms in total. The van der Waals surface area contributed by atoms with Crippen molar-refractivity contribution >= 4 is 29.1 Å². The summed E-state index contributed by atoms with van der Waals surface area (Å²) in [5, 5.41) is 9.33. The molecule has 0 radical (unpaired) electrons. The van der Waals surface area contributed by atoms with Gasteiger partial charge >= 0.3 is 6.18 Å². The SMILES string of the molecule is Cn1c(-c2cn(CCF)nc2C(F)(F)F)cnc1C(=O)Nc1ccc(C(=O)N2CCNCC2)c(Cl)c1. The van der Waals surface area contributed by atoms with Crippen LogP contribution in [0.2, 0.25) is 5.02 Å². The zero-order chi connectivity index (χ0) is 26.0. The Hall–Kier alpha value is -3.45. The number of nitrogens with one attached hydrogen (secondary N) is 2. The largest absolute Gasteiger partial charge is 0.435 e. The number of hydrogen-bond donors (Lipinski definition) is 2. The first-order valence-corrected chi connectivity index (χ1v) is 11.3. The minimum absolute atomic E-state index is 0.0208. The molecule has 0 aliphatic carbocycles. The number of aromatic nitrogens is 4. The van der Waals surface area contributed by atoms with Crippen molar-refractivity contribution in [1.82, 2.24) is 29.5 Å². The van der Waals surface area contributed by atoms with Gasteiger partial charge in [0.25, 0.3) is 11.8 Å². The lowest BCUT2D eigenvalue weighted by Gasteiger charge is -2.27. The zero-order valence-corrected chi connectivity index (χ0v) is 19.8. The average molecular weight is 528 g/mol. The third-order valence-corrected chi connectivity index (χ3v) is 5.99. The number of alkyl halides is 4. The van der Waals surface area contributed by atoms with Crippen molar-refractivity contribution in [2.75, 3.05) is 38.2 Å². The molecule has 0 unspecified atom stereocenters. The summed E-state index contributed by atoms with van der Waals surface area (Å²) >= 11 is 6.30. The van der Waals surface area contributed by atoms with E-state index in [-0.39, 0.29) is 40.2 Å². The number of nitrogens with zero attached hydrogens (tertiary/aromatic N) is 5. The number of hydrogen-bond acceptors (Lipinski definition) is 5. The molecule has 1 aliphatic rings. The molecule has 1 aromatic carbocycles. The fraction of sp³-hybridized carbons (Fsp3) is 0.364. The molecule has 0 bridgehead atoms. The standard InChI is InChI=1S/C22H22ClF4N7O2/c1-32-17(15-12-34(7-4-24)31-18(15)22(25,26)27)11-29-19(32)20(35)30-13-2-3-14(16(23)10-13)21(36)33-8-5-28-6-9-33/h2-3,10-12,28H,4-9H2,1H3,(H,30,35). The predicted molar refractivity (Wildman–Crippen MR) is 124 cm³/mol. The predicted octanol–water partition coefficient (Wildman–Crippen LogP) is 3.22. The van der Waals surface area contributed by atoms with Gasteiger partial charge in [0.1, 0.15) is 6.67 Å². The first kappa shape index (κ1) is 25.6. The number of imidazole rings is 1. The summed E-state index contributed by atoms with van der Waals surface area (Å²) in [4.78, 5) is 31.2. The van der Waals surface area contributed by atoms with Crippen molar-refractivity contribution in [1.29, 1.82) is 0 Å². The normalized spacial score (nSPS) is 14.2. The summed E-state index contributed by atoms with van der Waals surface area (Å²) in [6, 6.07) is 4.42. The Balaban J connectivity index is 1.55. The van der Waals surface area contributed by atoms with Crippen molar-refractivity contribution in [2.24, 2.45) is 7.05 Å². The minimum Gasteiger partial charge on any atom is -0.336 e. The number of carbonyl (C=O) groups is 2. The van der Waals surface area contributed by atoms with Gasteiger partial charge in [-0.1, -0.05) is 11.6 Å². The number of benzene rings is 1. The molecule has 1 saturated heterocycles. The third kappa shape index (κ3) is 5.21. The number of aryl methyl sites for hydroxylation is 1. The highest BCUT2D eigenvalue weighted by molar-refractivity contribution is 6.34. The maximum atomic E-state index is 13.5. The van der Waals surface area contributed by atoms with Crippen molar-refractivity contribution in [2.45, 2.75) is 12.7 Å². The second-order valence-electron chi connectivity index (χ2n) is 8.06. The van der Waals surface area contributed by atoms with Crippen molar-refractivity contribution in [3.05, 3.63) is 52.7 Å². The Labute approximate surface area is 208 Å². The smallest absolute Gasteiger partial charge is 0.336 e. The average Bonchev–Trinajstić information content (AvgIpc) is 3.43. The lowest BCUT2D eigenvalue weighted by Crippen LogP contribution is -2.46. The third-order valence-electron chi connectivity index (χ3n) is 5.67. The van der Waals surface area contributed by atoms with E-state index in [0.717, 1.165) is 17.1 Å². The molecule has 14 heteroatoms. The first-order valence-electron chi connectivity index (χ1n) is 10.9. The molecule has 192 valence electrons. The van der Waals surface area contributed by atoms with E-state index in [1.54, 1.807) is 4.90 Å². The molecule has 2 N–H and O–H groups in total. The molecule has 0 spiro atoms. The summed E-state index contributed by atoms with van der Waals surface area (Å²) in [5.74, 6) is -1.10. The van der Waals surface area contributed by atoms with Crippen molar-refractivity contribution in [3.63, 3.8) is 0 Å². The number of amides is 2. The lowest BCUT2D eigenvalue weighted by atomic mass is 10.1. The fourth-order valence-electron chi connectivity index (χ4n) is 3.88. The van der Waals surface area contributed by atoms with Gasteiger partial charge in [-0.05, 0) is 18.2 Å². The van der Waals surface area contributed by atoms with Crippen LogP contribution in [0.1, 0.15) is 26.7 Å². The Morgan fingerprint density at radius 1 is 1.22 bits per heavy atom. The summed E-state index contributed by atoms with van der Waals surface area (Å²) < 4.78 is 55.2. The first-order chi connectivity index (χ1) is 17.1. The second kappa shape index (κ2) is 10.3. The van der Waals surface area contributed by atoms with Crippen LogP contribution in [0, 0.1) is 0 Å². The topological polar surface area (TPSA) is 97.1 Å². The monoisotopic (exact) mass is 527 g/mol. The molecular formula is C22H22ClF4N7O2. The van der Waals surface area contributed by atoms with E-state index in [4.69, 9.17) is 11.6 Å². The Bertz CT molecular complexity index is 1280. The molecule has 0 atom stereocenters. The van der Waals surface area contributed by atoms with E-state index in [9.17, 15) is 27.2 Å². The highest BCUT2D eigenvalue weighted by atomic mass is 35.5. The Morgan fingerprint density at radius 2 is 1.94 bits per heavy atom. The fourth-order valence-corrected chi connectivity index (χ4v) is 4.14. The van der Waals surface area contributed by atoms with E-state index < -0.39 is 24.5 Å². The maximum Gasteiger partial charge on any atom is 0.435 e. The molecule has 2 amide bonds. The van der Waals surface area contributed by atoms with E-state index in [1.807, 2.05) is 0 Å². The summed E-state index contributed by atoms with van der Waals surface area (Å²) in [7, 11) is 1.38. The molecule has 36 heavy (non-hydrogen) atoms. The van der Waals surface area contributed by atoms with E-state index in [2.05, 4.69) is 20.7 Å². The minimum atomic E-state index is -4.79. The van der Waals surface area contributed by atoms with Gasteiger partial charge in [-0.15, -0.1) is 0 Å². The molecular weight excluding hydrogens is 506 g/mol. The number of carbonyl (C=O) groups excluding carboxylic acids is 2. The summed E-state index contributed by atoms with van der Waals surface area (Å²) in [6.45, 7) is 1.24. The number of halogens is 5. The van der Waals surface area contributed by atoms with Gasteiger partial charge in [-0.2, -0.15) is 18.3 Å². The second-order valence-corrected chi connectivity index (χ2v) is 8.47. The highest BCUT2D eigenvalue weighted by Crippen LogP contribution is 2.36. The van der Waals surface area contributed by atoms with Crippen LogP contribution in [0.4, 0.5) is 23.2 Å². The van der Waals surface area contributed by atoms with E-state index in [1.165, 1.54) is 29.8 Å². The molecule has 3 aromatic rings. The molecule has 1 fully saturated rings. The van der Waals surface area contributed by atoms with Gasteiger partial charge in [-0.25, -0.2) is 9.37 Å². The van der Waals surface area contributed by atoms with Crippen molar-refractivity contribution < 1.29 is 27.2 Å². The molecule has 3 heterocycles. The van der Waals surface area contributed by atoms with E-state index >= 15 is 0 Å². The Kier molecular flexibility index (Phi) is 7.31. The van der Waals surface area contributed by atoms with Crippen LogP contribution >= 0.6 is 11.6 Å². The summed E-state index contributed by atoms with van der Waals surface area (Å²) in [5.41, 5.74) is -0.988. The highest BCUT2D eigenvalue weighted by Gasteiger charge is 2.38. The van der Waals surface area contributed by atoms with Crippen LogP contribution < -0.4 is 10.6 Å². The van der Waals surface area contributed by atoms with Gasteiger partial charge in [0.05, 0.1) is 34.6 Å². The number of piperazine rings is 1. The van der Waals surface area contributed by atoms with Crippen LogP contribution in [-0.4, -0.2) is 68.9 Å². The van der Waals surface area contributed by atoms with Gasteiger partial charge < -0.3 is 20.1 Å². The molecule has 2 aromatic heterocycles. The van der Waals surface area contributed by atoms with Crippen LogP contribution in [0.15, 0.2) is 30.6 Å². The van der Waals surface area contributed by atoms with Crippen LogP contribution in [0.25, 0.3) is 11.3 Å². The van der Waals surface area contributed by atoms with E-state index in [0.29, 0.717) is 31.7 Å². The van der Waals surface area contributed by atoms with Gasteiger partial charge in [0, 0.05) is 45.1 Å². The van der Waals surface area contributed by atoms with Gasteiger partial charge in [0.2, 0.25) is 0 Å². The van der Waals surface area contributed by atoms with Crippen LogP contribution in [-0.2, 0) is 19.8 Å². The van der Waals surface area contributed by atoms with Crippen LogP contribution in [0.5, 0.6) is 0 Å². The molecule has 4 rings (SSSR count). The Morgan fingerprint density at radius 3 is 2.58 bits per heavy atom. The van der Waals surface area contributed by atoms with Crippen molar-refractivity contribution in [3.8, 4) is 11.3 Å². The maximum absolute atomic E-state index is 13.5. The summed E-state index contributed by atoms with van der Waals surface area (Å²) in [6.07, 6.45) is -2.61. The number of anilines is 1. The van der Waals surface area contributed by atoms with Gasteiger partial charge in [-0.3, -0.25) is 14.3 Å². The van der Waals surface area contributed by atoms with Gasteiger partial charge in [0.15, 0.2) is 11.5 Å². The zero-order valence-electron chi connectivity index (χ0n) is 19.1. The van der Waals surface area contributed by atoms with Crippen LogP contribution in [0.3, 0.4) is 0 Å². The molecule has 1 aliphatic heterocycles. The lowest BCUT2D eigenvalue weighted by molar-refractivity contribution is -0.141.